The van der Waals surface area contributed by atoms with Crippen LogP contribution in [0.4, 0.5) is 0 Å². The summed E-state index contributed by atoms with van der Waals surface area (Å²) in [5.74, 6) is 0.543. The standard InChI is InChI=1S/C19H22.C2H6/c1-4-9-18-14-17-11-8-7-10-16(17)13-12-15(5-2)19(18)6-3;1-2/h5-8,10-13,18H,2-4,9,14H2,1H3;1-2H3/b13-12-,19-15-;. The van der Waals surface area contributed by atoms with Crippen LogP contribution in [-0.4, -0.2) is 0 Å². The van der Waals surface area contributed by atoms with Crippen LogP contribution in [-0.2, 0) is 6.42 Å². The van der Waals surface area contributed by atoms with Crippen molar-refractivity contribution in [1.82, 2.24) is 0 Å². The molecule has 1 unspecified atom stereocenters. The highest BCUT2D eigenvalue weighted by Gasteiger charge is 2.17. The predicted octanol–water partition coefficient (Wildman–Crippen LogP) is 6.37. The Morgan fingerprint density at radius 2 is 1.81 bits per heavy atom. The van der Waals surface area contributed by atoms with Crippen LogP contribution in [0.15, 0.2) is 66.8 Å². The fraction of sp³-hybridized carbons (Fsp3) is 0.333. The molecule has 0 N–H and O–H groups in total. The first-order chi connectivity index (χ1) is 10.3. The van der Waals surface area contributed by atoms with Crippen molar-refractivity contribution in [2.24, 2.45) is 5.92 Å². The van der Waals surface area contributed by atoms with E-state index in [1.165, 1.54) is 35.1 Å². The summed E-state index contributed by atoms with van der Waals surface area (Å²) in [7, 11) is 0. The summed E-state index contributed by atoms with van der Waals surface area (Å²) < 4.78 is 0. The van der Waals surface area contributed by atoms with Crippen LogP contribution in [0.3, 0.4) is 0 Å². The number of allylic oxidation sites excluding steroid dienone is 5. The minimum absolute atomic E-state index is 0.543. The van der Waals surface area contributed by atoms with Gasteiger partial charge < -0.3 is 0 Å². The number of benzene rings is 1. The van der Waals surface area contributed by atoms with Crippen LogP contribution in [0.1, 0.15) is 44.7 Å². The Labute approximate surface area is 130 Å². The maximum Gasteiger partial charge on any atom is -0.0116 e. The average molecular weight is 280 g/mol. The molecular formula is C21H28. The lowest BCUT2D eigenvalue weighted by Gasteiger charge is -2.22. The molecule has 0 fully saturated rings. The van der Waals surface area contributed by atoms with E-state index in [1.807, 2.05) is 26.0 Å². The molecule has 0 saturated heterocycles. The quantitative estimate of drug-likeness (QED) is 0.601. The molecule has 112 valence electrons. The van der Waals surface area contributed by atoms with E-state index in [-0.39, 0.29) is 0 Å². The summed E-state index contributed by atoms with van der Waals surface area (Å²) in [6, 6.07) is 8.66. The molecule has 1 aliphatic carbocycles. The summed E-state index contributed by atoms with van der Waals surface area (Å²) in [6.45, 7) is 14.2. The molecule has 0 nitrogen and oxygen atoms in total. The Bertz CT molecular complexity index is 529. The minimum atomic E-state index is 0.543. The van der Waals surface area contributed by atoms with Gasteiger partial charge in [-0.3, -0.25) is 0 Å². The minimum Gasteiger partial charge on any atom is -0.0988 e. The molecule has 2 rings (SSSR count). The van der Waals surface area contributed by atoms with Gasteiger partial charge in [0.25, 0.3) is 0 Å². The van der Waals surface area contributed by atoms with E-state index in [0.29, 0.717) is 5.92 Å². The number of rotatable bonds is 4. The Morgan fingerprint density at radius 3 is 2.43 bits per heavy atom. The molecule has 0 aliphatic heterocycles. The third kappa shape index (κ3) is 4.32. The van der Waals surface area contributed by atoms with Gasteiger partial charge in [-0.15, -0.1) is 0 Å². The van der Waals surface area contributed by atoms with Gasteiger partial charge >= 0.3 is 0 Å². The van der Waals surface area contributed by atoms with Crippen LogP contribution >= 0.6 is 0 Å². The molecule has 0 heterocycles. The maximum atomic E-state index is 4.00. The zero-order valence-electron chi connectivity index (χ0n) is 13.7. The smallest absolute Gasteiger partial charge is 0.0116 e. The second kappa shape index (κ2) is 9.18. The van der Waals surface area contributed by atoms with Crippen molar-refractivity contribution >= 4 is 6.08 Å². The molecule has 0 amide bonds. The fourth-order valence-corrected chi connectivity index (χ4v) is 2.85. The molecule has 1 atom stereocenters. The van der Waals surface area contributed by atoms with Crippen molar-refractivity contribution in [3.05, 3.63) is 77.9 Å². The van der Waals surface area contributed by atoms with Crippen molar-refractivity contribution in [2.45, 2.75) is 40.0 Å². The largest absolute Gasteiger partial charge is 0.0988 e. The zero-order chi connectivity index (χ0) is 15.7. The molecule has 0 spiro atoms. The van der Waals surface area contributed by atoms with Gasteiger partial charge in [-0.05, 0) is 41.0 Å². The molecular weight excluding hydrogens is 252 g/mol. The second-order valence-corrected chi connectivity index (χ2v) is 5.04. The van der Waals surface area contributed by atoms with Gasteiger partial charge in [0.15, 0.2) is 0 Å². The van der Waals surface area contributed by atoms with Gasteiger partial charge in [0.05, 0.1) is 0 Å². The van der Waals surface area contributed by atoms with E-state index in [9.17, 15) is 0 Å². The summed E-state index contributed by atoms with van der Waals surface area (Å²) in [6.07, 6.45) is 11.8. The topological polar surface area (TPSA) is 0 Å². The van der Waals surface area contributed by atoms with E-state index in [1.54, 1.807) is 0 Å². The van der Waals surface area contributed by atoms with E-state index in [4.69, 9.17) is 0 Å². The van der Waals surface area contributed by atoms with Crippen LogP contribution in [0.5, 0.6) is 0 Å². The number of hydrogen-bond donors (Lipinski definition) is 0. The average Bonchev–Trinajstić information content (AvgIpc) is 2.52. The maximum absolute atomic E-state index is 4.00. The van der Waals surface area contributed by atoms with Crippen LogP contribution in [0, 0.1) is 5.92 Å². The lowest BCUT2D eigenvalue weighted by atomic mass is 9.82. The van der Waals surface area contributed by atoms with Crippen molar-refractivity contribution in [3.8, 4) is 0 Å². The Kier molecular flexibility index (Phi) is 7.53. The Hall–Kier alpha value is -1.82. The zero-order valence-corrected chi connectivity index (χ0v) is 13.7. The van der Waals surface area contributed by atoms with Crippen LogP contribution in [0.25, 0.3) is 6.08 Å². The van der Waals surface area contributed by atoms with Gasteiger partial charge in [-0.1, -0.05) is 88.9 Å². The summed E-state index contributed by atoms with van der Waals surface area (Å²) >= 11 is 0. The molecule has 0 heteroatoms. The van der Waals surface area contributed by atoms with Crippen molar-refractivity contribution < 1.29 is 0 Å². The Morgan fingerprint density at radius 1 is 1.10 bits per heavy atom. The Balaban J connectivity index is 0.00000106. The predicted molar refractivity (Wildman–Crippen MR) is 96.3 cm³/mol. The van der Waals surface area contributed by atoms with E-state index in [0.717, 1.165) is 6.42 Å². The van der Waals surface area contributed by atoms with Gasteiger partial charge in [0.1, 0.15) is 0 Å². The van der Waals surface area contributed by atoms with Crippen molar-refractivity contribution in [3.63, 3.8) is 0 Å². The van der Waals surface area contributed by atoms with E-state index >= 15 is 0 Å². The van der Waals surface area contributed by atoms with Crippen LogP contribution in [0.2, 0.25) is 0 Å². The molecule has 1 aromatic carbocycles. The summed E-state index contributed by atoms with van der Waals surface area (Å²) in [5, 5.41) is 0. The first kappa shape index (κ1) is 17.2. The number of fused-ring (bicyclic) bond motifs is 1. The van der Waals surface area contributed by atoms with Gasteiger partial charge in [-0.25, -0.2) is 0 Å². The molecule has 1 aromatic rings. The summed E-state index contributed by atoms with van der Waals surface area (Å²) in [5.41, 5.74) is 5.30. The molecule has 0 bridgehead atoms. The number of hydrogen-bond acceptors (Lipinski definition) is 0. The lowest BCUT2D eigenvalue weighted by Crippen LogP contribution is -2.10. The highest BCUT2D eigenvalue weighted by Crippen LogP contribution is 2.30. The molecule has 0 aromatic heterocycles. The highest BCUT2D eigenvalue weighted by molar-refractivity contribution is 5.61. The van der Waals surface area contributed by atoms with Gasteiger partial charge in [-0.2, -0.15) is 0 Å². The highest BCUT2D eigenvalue weighted by atomic mass is 14.2. The van der Waals surface area contributed by atoms with E-state index < -0.39 is 0 Å². The molecule has 1 aliphatic rings. The summed E-state index contributed by atoms with van der Waals surface area (Å²) in [4.78, 5) is 0. The first-order valence-electron chi connectivity index (χ1n) is 8.05. The monoisotopic (exact) mass is 280 g/mol. The van der Waals surface area contributed by atoms with Crippen LogP contribution < -0.4 is 0 Å². The van der Waals surface area contributed by atoms with Crippen molar-refractivity contribution in [1.29, 1.82) is 0 Å². The molecule has 21 heavy (non-hydrogen) atoms. The first-order valence-corrected chi connectivity index (χ1v) is 8.05. The van der Waals surface area contributed by atoms with Gasteiger partial charge in [0.2, 0.25) is 0 Å². The fourth-order valence-electron chi connectivity index (χ4n) is 2.85. The second-order valence-electron chi connectivity index (χ2n) is 5.04. The molecule has 0 radical (unpaired) electrons. The SMILES string of the molecule is C=CC1=C(\C=C)C(CCC)Cc2ccccc2/C=C\1.CC. The lowest BCUT2D eigenvalue weighted by molar-refractivity contribution is 0.555. The third-order valence-corrected chi connectivity index (χ3v) is 3.81. The van der Waals surface area contributed by atoms with Gasteiger partial charge in [0, 0.05) is 0 Å². The molecule has 0 saturated carbocycles. The third-order valence-electron chi connectivity index (χ3n) is 3.81. The normalized spacial score (nSPS) is 22.0. The van der Waals surface area contributed by atoms with Crippen molar-refractivity contribution in [2.75, 3.05) is 0 Å². The van der Waals surface area contributed by atoms with E-state index in [2.05, 4.69) is 56.5 Å².